The molecule has 37 heavy (non-hydrogen) atoms. The Morgan fingerprint density at radius 2 is 1.84 bits per heavy atom. The van der Waals surface area contributed by atoms with Gasteiger partial charge in [-0.05, 0) is 89.8 Å². The minimum atomic E-state index is -0.307. The molecule has 0 saturated heterocycles. The van der Waals surface area contributed by atoms with E-state index in [9.17, 15) is 4.79 Å². The molecule has 194 valence electrons. The first-order valence-corrected chi connectivity index (χ1v) is 13.5. The molecule has 0 saturated carbocycles. The molecule has 2 heterocycles. The first-order valence-electron chi connectivity index (χ1n) is 12.8. The summed E-state index contributed by atoms with van der Waals surface area (Å²) in [5, 5.41) is 4.37. The van der Waals surface area contributed by atoms with Crippen LogP contribution in [-0.2, 0) is 28.9 Å². The Balaban J connectivity index is 1.29. The number of esters is 1. The molecule has 0 aromatic heterocycles. The van der Waals surface area contributed by atoms with Crippen molar-refractivity contribution in [2.45, 2.75) is 57.2 Å². The molecule has 3 aromatic rings. The Hall–Kier alpha value is -2.73. The number of methoxy groups -OCH3 is 1. The molecule has 0 fully saturated rings. The van der Waals surface area contributed by atoms with Gasteiger partial charge in [-0.15, -0.1) is 0 Å². The van der Waals surface area contributed by atoms with Crippen LogP contribution in [-0.4, -0.2) is 25.7 Å². The molecule has 0 unspecified atom stereocenters. The molecule has 2 aliphatic heterocycles. The van der Waals surface area contributed by atoms with Crippen molar-refractivity contribution in [3.8, 4) is 11.5 Å². The second-order valence-corrected chi connectivity index (χ2v) is 10.5. The van der Waals surface area contributed by atoms with Crippen LogP contribution in [0, 0.1) is 0 Å². The fourth-order valence-electron chi connectivity index (χ4n) is 5.25. The van der Waals surface area contributed by atoms with Crippen molar-refractivity contribution in [1.29, 1.82) is 0 Å². The average molecular weight is 540 g/mol. The Labute approximate surface area is 228 Å². The summed E-state index contributed by atoms with van der Waals surface area (Å²) in [5.74, 6) is 1.88. The van der Waals surface area contributed by atoms with Crippen LogP contribution >= 0.6 is 23.2 Å². The number of hydrogen-bond donors (Lipinski definition) is 1. The zero-order valence-corrected chi connectivity index (χ0v) is 22.6. The molecule has 7 heteroatoms. The van der Waals surface area contributed by atoms with Gasteiger partial charge >= 0.3 is 5.97 Å². The van der Waals surface area contributed by atoms with Crippen LogP contribution < -0.4 is 14.8 Å². The largest absolute Gasteiger partial charge is 0.493 e. The molecule has 3 aromatic carbocycles. The summed E-state index contributed by atoms with van der Waals surface area (Å²) >= 11 is 12.3. The summed E-state index contributed by atoms with van der Waals surface area (Å²) in [6.07, 6.45) is 3.17. The highest BCUT2D eigenvalue weighted by Gasteiger charge is 2.28. The van der Waals surface area contributed by atoms with E-state index in [0.29, 0.717) is 35.5 Å². The number of halogens is 2. The van der Waals surface area contributed by atoms with Gasteiger partial charge in [0, 0.05) is 6.54 Å². The standard InChI is InChI=1S/C30H31Cl2NO4/c1-3-28(20-6-9-25(31)26(32)14-20)37-24-7-4-18(5-8-24)19-10-11-36-29-16-21-15-27(30(34)35-2)33-17-23(21)13-22(29)12-19/h4-9,13-14,16,19,27-28,33H,3,10-12,15,17H2,1-2H3/t19-,27+,28-/m1/s1. The number of hydrogen-bond acceptors (Lipinski definition) is 5. The minimum absolute atomic E-state index is 0.0997. The quantitative estimate of drug-likeness (QED) is 0.348. The zero-order chi connectivity index (χ0) is 25.9. The smallest absolute Gasteiger partial charge is 0.323 e. The van der Waals surface area contributed by atoms with Gasteiger partial charge in [0.25, 0.3) is 0 Å². The molecule has 5 rings (SSSR count). The Morgan fingerprint density at radius 3 is 2.57 bits per heavy atom. The summed E-state index contributed by atoms with van der Waals surface area (Å²) in [4.78, 5) is 12.0. The number of ether oxygens (including phenoxy) is 3. The first-order chi connectivity index (χ1) is 17.9. The van der Waals surface area contributed by atoms with Crippen LogP contribution in [0.3, 0.4) is 0 Å². The molecule has 3 atom stereocenters. The van der Waals surface area contributed by atoms with E-state index in [4.69, 9.17) is 37.4 Å². The third-order valence-corrected chi connectivity index (χ3v) is 8.08. The lowest BCUT2D eigenvalue weighted by Gasteiger charge is -2.25. The fraction of sp³-hybridized carbons (Fsp3) is 0.367. The van der Waals surface area contributed by atoms with Crippen molar-refractivity contribution in [1.82, 2.24) is 5.32 Å². The third-order valence-electron chi connectivity index (χ3n) is 7.34. The van der Waals surface area contributed by atoms with Gasteiger partial charge in [-0.1, -0.05) is 54.4 Å². The molecule has 0 radical (unpaired) electrons. The van der Waals surface area contributed by atoms with E-state index in [1.807, 2.05) is 30.3 Å². The predicted octanol–water partition coefficient (Wildman–Crippen LogP) is 6.82. The van der Waals surface area contributed by atoms with E-state index < -0.39 is 0 Å². The molecule has 0 bridgehead atoms. The highest BCUT2D eigenvalue weighted by Crippen LogP contribution is 2.37. The summed E-state index contributed by atoms with van der Waals surface area (Å²) in [6.45, 7) is 3.40. The first kappa shape index (κ1) is 25.9. The number of carbonyl (C=O) groups is 1. The van der Waals surface area contributed by atoms with Gasteiger partial charge in [0.15, 0.2) is 0 Å². The summed E-state index contributed by atoms with van der Waals surface area (Å²) in [6, 6.07) is 18.1. The van der Waals surface area contributed by atoms with Crippen molar-refractivity contribution < 1.29 is 19.0 Å². The summed E-state index contributed by atoms with van der Waals surface area (Å²) in [7, 11) is 1.43. The van der Waals surface area contributed by atoms with Crippen molar-refractivity contribution >= 4 is 29.2 Å². The van der Waals surface area contributed by atoms with Gasteiger partial charge in [-0.25, -0.2) is 0 Å². The van der Waals surface area contributed by atoms with Gasteiger partial charge in [0.2, 0.25) is 0 Å². The number of nitrogens with one attached hydrogen (secondary N) is 1. The van der Waals surface area contributed by atoms with Crippen LogP contribution in [0.4, 0.5) is 0 Å². The highest BCUT2D eigenvalue weighted by atomic mass is 35.5. The van der Waals surface area contributed by atoms with Crippen LogP contribution in [0.2, 0.25) is 10.0 Å². The summed E-state index contributed by atoms with van der Waals surface area (Å²) < 4.78 is 17.4. The SMILES string of the molecule is CC[C@@H](Oc1ccc([C@@H]2CCOc3cc4c(cc3C2)CN[C@H](C(=O)OC)C4)cc1)c1ccc(Cl)c(Cl)c1. The maximum absolute atomic E-state index is 12.0. The average Bonchev–Trinajstić information content (AvgIpc) is 3.13. The molecule has 0 amide bonds. The maximum Gasteiger partial charge on any atom is 0.323 e. The van der Waals surface area contributed by atoms with Gasteiger partial charge in [0.1, 0.15) is 23.6 Å². The van der Waals surface area contributed by atoms with E-state index >= 15 is 0 Å². The normalized spacial score (nSPS) is 19.6. The van der Waals surface area contributed by atoms with Crippen LogP contribution in [0.25, 0.3) is 0 Å². The fourth-order valence-corrected chi connectivity index (χ4v) is 5.55. The predicted molar refractivity (Wildman–Crippen MR) is 146 cm³/mol. The Morgan fingerprint density at radius 1 is 1.03 bits per heavy atom. The maximum atomic E-state index is 12.0. The lowest BCUT2D eigenvalue weighted by Crippen LogP contribution is -2.42. The molecule has 0 aliphatic carbocycles. The second-order valence-electron chi connectivity index (χ2n) is 9.68. The van der Waals surface area contributed by atoms with Gasteiger partial charge < -0.3 is 19.5 Å². The Bertz CT molecular complexity index is 1280. The highest BCUT2D eigenvalue weighted by molar-refractivity contribution is 6.42. The van der Waals surface area contributed by atoms with Crippen molar-refractivity contribution in [3.05, 3.63) is 92.5 Å². The lowest BCUT2D eigenvalue weighted by atomic mass is 9.87. The third kappa shape index (κ3) is 5.74. The van der Waals surface area contributed by atoms with Gasteiger partial charge in [-0.2, -0.15) is 0 Å². The van der Waals surface area contributed by atoms with Crippen molar-refractivity contribution in [3.63, 3.8) is 0 Å². The van der Waals surface area contributed by atoms with E-state index in [1.54, 1.807) is 0 Å². The van der Waals surface area contributed by atoms with Gasteiger partial charge in [-0.3, -0.25) is 4.79 Å². The zero-order valence-electron chi connectivity index (χ0n) is 21.1. The second kappa shape index (κ2) is 11.3. The molecule has 1 N–H and O–H groups in total. The van der Waals surface area contributed by atoms with Crippen LogP contribution in [0.15, 0.2) is 54.6 Å². The lowest BCUT2D eigenvalue weighted by molar-refractivity contribution is -0.143. The van der Waals surface area contributed by atoms with E-state index in [1.165, 1.54) is 23.8 Å². The molecule has 2 aliphatic rings. The van der Waals surface area contributed by atoms with Crippen LogP contribution in [0.1, 0.15) is 59.6 Å². The molecular weight excluding hydrogens is 509 g/mol. The molecule has 0 spiro atoms. The molecule has 5 nitrogen and oxygen atoms in total. The molecular formula is C30H31Cl2NO4. The number of benzene rings is 3. The number of rotatable bonds is 6. The topological polar surface area (TPSA) is 56.8 Å². The minimum Gasteiger partial charge on any atom is -0.493 e. The van der Waals surface area contributed by atoms with E-state index in [0.717, 1.165) is 41.9 Å². The number of carbonyl (C=O) groups excluding carboxylic acids is 1. The van der Waals surface area contributed by atoms with E-state index in [-0.39, 0.29) is 18.1 Å². The Kier molecular flexibility index (Phi) is 7.94. The van der Waals surface area contributed by atoms with Gasteiger partial charge in [0.05, 0.1) is 23.8 Å². The van der Waals surface area contributed by atoms with E-state index in [2.05, 4.69) is 36.5 Å². The monoisotopic (exact) mass is 539 g/mol. The van der Waals surface area contributed by atoms with Crippen molar-refractivity contribution in [2.24, 2.45) is 0 Å². The summed E-state index contributed by atoms with van der Waals surface area (Å²) in [5.41, 5.74) is 5.87. The van der Waals surface area contributed by atoms with Crippen molar-refractivity contribution in [2.75, 3.05) is 13.7 Å². The number of fused-ring (bicyclic) bond motifs is 2. The van der Waals surface area contributed by atoms with Crippen LogP contribution in [0.5, 0.6) is 11.5 Å².